The summed E-state index contributed by atoms with van der Waals surface area (Å²) in [6.45, 7) is 3.71. The third-order valence-electron chi connectivity index (χ3n) is 8.75. The standard InChI is InChI=1S/C32H33Cl2F3N4O4/c1-17-14-24-27(16-40(17)28(42)21-8-13-25(33)26(34)15-21)39-31(38-18(2)19-4-9-22(10-5-19)32(35,36)37)41(29(24)43)23-11-6-20(7-12-23)30(44)45-3/h4-5,8-10,13,15,17-18,20,23H,6-7,11-12,14,16H2,1-3H3,(H,38,39)/t17-,18+,20-,23-/m1/s1. The number of ether oxygens (including phenoxy) is 1. The van der Waals surface area contributed by atoms with E-state index in [4.69, 9.17) is 32.9 Å². The first-order valence-electron chi connectivity index (χ1n) is 14.7. The molecule has 0 bridgehead atoms. The summed E-state index contributed by atoms with van der Waals surface area (Å²) in [5.41, 5.74) is 0.866. The van der Waals surface area contributed by atoms with Crippen LogP contribution in [-0.2, 0) is 28.7 Å². The van der Waals surface area contributed by atoms with Gasteiger partial charge in [0.1, 0.15) is 0 Å². The van der Waals surface area contributed by atoms with Gasteiger partial charge in [-0.05, 0) is 81.8 Å². The minimum Gasteiger partial charge on any atom is -0.469 e. The SMILES string of the molecule is COC(=O)[C@H]1CC[C@H](n2c(N[C@@H](C)c3ccc(C(F)(F)F)cc3)nc3c(c2=O)C[C@@H](C)N(C(=O)c2ccc(Cl)c(Cl)c2)C3)CC1. The summed E-state index contributed by atoms with van der Waals surface area (Å²) in [5, 5.41) is 3.84. The van der Waals surface area contributed by atoms with E-state index in [1.54, 1.807) is 28.5 Å². The largest absolute Gasteiger partial charge is 0.469 e. The molecular weight excluding hydrogens is 632 g/mol. The number of benzene rings is 2. The molecule has 1 amide bonds. The van der Waals surface area contributed by atoms with E-state index in [0.29, 0.717) is 53.1 Å². The highest BCUT2D eigenvalue weighted by molar-refractivity contribution is 6.42. The number of fused-ring (bicyclic) bond motifs is 1. The van der Waals surface area contributed by atoms with Gasteiger partial charge in [0.2, 0.25) is 5.95 Å². The maximum Gasteiger partial charge on any atom is 0.416 e. The van der Waals surface area contributed by atoms with Gasteiger partial charge in [0, 0.05) is 23.2 Å². The lowest BCUT2D eigenvalue weighted by molar-refractivity contribution is -0.146. The first-order valence-corrected chi connectivity index (χ1v) is 15.5. The van der Waals surface area contributed by atoms with E-state index in [1.165, 1.54) is 25.3 Å². The molecular formula is C32H33Cl2F3N4O4. The van der Waals surface area contributed by atoms with Crippen molar-refractivity contribution in [1.82, 2.24) is 14.5 Å². The zero-order valence-electron chi connectivity index (χ0n) is 25.0. The molecule has 2 aromatic carbocycles. The highest BCUT2D eigenvalue weighted by Gasteiger charge is 2.35. The minimum atomic E-state index is -4.46. The minimum absolute atomic E-state index is 0.0735. The zero-order valence-corrected chi connectivity index (χ0v) is 26.5. The Morgan fingerprint density at radius 3 is 2.31 bits per heavy atom. The summed E-state index contributed by atoms with van der Waals surface area (Å²) >= 11 is 12.2. The number of anilines is 1. The zero-order chi connectivity index (χ0) is 32.6. The lowest BCUT2D eigenvalue weighted by atomic mass is 9.85. The average Bonchev–Trinajstić information content (AvgIpc) is 3.01. The maximum atomic E-state index is 14.2. The van der Waals surface area contributed by atoms with Gasteiger partial charge in [-0.1, -0.05) is 35.3 Å². The van der Waals surface area contributed by atoms with E-state index in [9.17, 15) is 27.6 Å². The molecule has 2 aliphatic rings. The molecule has 1 aromatic heterocycles. The van der Waals surface area contributed by atoms with Crippen LogP contribution in [-0.4, -0.2) is 39.5 Å². The predicted octanol–water partition coefficient (Wildman–Crippen LogP) is 7.23. The van der Waals surface area contributed by atoms with Crippen LogP contribution >= 0.6 is 23.2 Å². The normalized spacial score (nSPS) is 20.7. The van der Waals surface area contributed by atoms with Crippen LogP contribution in [0.4, 0.5) is 19.1 Å². The topological polar surface area (TPSA) is 93.5 Å². The quantitative estimate of drug-likeness (QED) is 0.280. The van der Waals surface area contributed by atoms with Gasteiger partial charge in [0.15, 0.2) is 0 Å². The van der Waals surface area contributed by atoms with Gasteiger partial charge in [0.25, 0.3) is 11.5 Å². The summed E-state index contributed by atoms with van der Waals surface area (Å²) < 4.78 is 46.0. The molecule has 0 saturated heterocycles. The van der Waals surface area contributed by atoms with Crippen LogP contribution in [0.15, 0.2) is 47.3 Å². The Morgan fingerprint density at radius 2 is 1.71 bits per heavy atom. The third-order valence-corrected chi connectivity index (χ3v) is 9.49. The van der Waals surface area contributed by atoms with Gasteiger partial charge in [-0.25, -0.2) is 4.98 Å². The average molecular weight is 666 g/mol. The number of nitrogens with zero attached hydrogens (tertiary/aromatic N) is 3. The Balaban J connectivity index is 1.50. The molecule has 3 aromatic rings. The van der Waals surface area contributed by atoms with E-state index in [2.05, 4.69) is 5.32 Å². The van der Waals surface area contributed by atoms with Gasteiger partial charge in [-0.15, -0.1) is 0 Å². The molecule has 1 aliphatic heterocycles. The fourth-order valence-corrected chi connectivity index (χ4v) is 6.45. The number of methoxy groups -OCH3 is 1. The third kappa shape index (κ3) is 6.84. The number of hydrogen-bond acceptors (Lipinski definition) is 6. The molecule has 2 heterocycles. The van der Waals surface area contributed by atoms with Crippen molar-refractivity contribution in [3.05, 3.63) is 90.8 Å². The Morgan fingerprint density at radius 1 is 1.04 bits per heavy atom. The molecule has 1 fully saturated rings. The van der Waals surface area contributed by atoms with Crippen molar-refractivity contribution in [2.75, 3.05) is 12.4 Å². The smallest absolute Gasteiger partial charge is 0.416 e. The van der Waals surface area contributed by atoms with E-state index in [-0.39, 0.29) is 59.4 Å². The number of halogens is 5. The molecule has 0 unspecified atom stereocenters. The number of rotatable bonds is 6. The van der Waals surface area contributed by atoms with Crippen molar-refractivity contribution in [3.8, 4) is 0 Å². The molecule has 45 heavy (non-hydrogen) atoms. The summed E-state index contributed by atoms with van der Waals surface area (Å²) in [6, 6.07) is 8.38. The van der Waals surface area contributed by atoms with Crippen LogP contribution in [0, 0.1) is 5.92 Å². The molecule has 240 valence electrons. The number of alkyl halides is 3. The highest BCUT2D eigenvalue weighted by Crippen LogP contribution is 2.36. The maximum absolute atomic E-state index is 14.2. The lowest BCUT2D eigenvalue weighted by Gasteiger charge is -2.36. The Bertz CT molecular complexity index is 1650. The van der Waals surface area contributed by atoms with Crippen molar-refractivity contribution >= 4 is 41.0 Å². The number of carbonyl (C=O) groups is 2. The van der Waals surface area contributed by atoms with Crippen molar-refractivity contribution in [3.63, 3.8) is 0 Å². The number of carbonyl (C=O) groups excluding carboxylic acids is 2. The second kappa shape index (κ2) is 13.0. The second-order valence-corrected chi connectivity index (χ2v) is 12.5. The van der Waals surface area contributed by atoms with E-state index in [0.717, 1.165) is 12.1 Å². The van der Waals surface area contributed by atoms with Gasteiger partial charge in [0.05, 0.1) is 46.9 Å². The first kappa shape index (κ1) is 32.8. The van der Waals surface area contributed by atoms with Gasteiger partial charge >= 0.3 is 12.1 Å². The second-order valence-electron chi connectivity index (χ2n) is 11.7. The first-order chi connectivity index (χ1) is 21.3. The number of amides is 1. The van der Waals surface area contributed by atoms with Crippen LogP contribution < -0.4 is 10.9 Å². The van der Waals surface area contributed by atoms with Crippen LogP contribution in [0.1, 0.15) is 84.4 Å². The molecule has 1 aliphatic carbocycles. The summed E-state index contributed by atoms with van der Waals surface area (Å²) in [7, 11) is 1.35. The lowest BCUT2D eigenvalue weighted by Crippen LogP contribution is -2.46. The Hall–Kier alpha value is -3.57. The number of hydrogen-bond donors (Lipinski definition) is 1. The van der Waals surface area contributed by atoms with E-state index < -0.39 is 17.8 Å². The van der Waals surface area contributed by atoms with Crippen LogP contribution in [0.3, 0.4) is 0 Å². The van der Waals surface area contributed by atoms with Gasteiger partial charge < -0.3 is 15.0 Å². The summed E-state index contributed by atoms with van der Waals surface area (Å²) in [4.78, 5) is 46.4. The van der Waals surface area contributed by atoms with Crippen LogP contribution in [0.25, 0.3) is 0 Å². The number of esters is 1. The van der Waals surface area contributed by atoms with Crippen LogP contribution in [0.2, 0.25) is 10.0 Å². The molecule has 1 N–H and O–H groups in total. The van der Waals surface area contributed by atoms with E-state index >= 15 is 0 Å². The van der Waals surface area contributed by atoms with Crippen molar-refractivity contribution in [2.45, 2.75) is 76.8 Å². The Labute approximate surface area is 268 Å². The van der Waals surface area contributed by atoms with Crippen molar-refractivity contribution < 1.29 is 27.5 Å². The summed E-state index contributed by atoms with van der Waals surface area (Å²) in [6.07, 6.45) is -2.02. The Kier molecular flexibility index (Phi) is 9.51. The van der Waals surface area contributed by atoms with Gasteiger partial charge in [-0.2, -0.15) is 13.2 Å². The van der Waals surface area contributed by atoms with Crippen molar-refractivity contribution in [2.24, 2.45) is 5.92 Å². The number of nitrogens with one attached hydrogen (secondary N) is 1. The highest BCUT2D eigenvalue weighted by atomic mass is 35.5. The van der Waals surface area contributed by atoms with Crippen LogP contribution in [0.5, 0.6) is 0 Å². The molecule has 1 saturated carbocycles. The molecule has 0 spiro atoms. The van der Waals surface area contributed by atoms with E-state index in [1.807, 2.05) is 6.92 Å². The fourth-order valence-electron chi connectivity index (χ4n) is 6.15. The van der Waals surface area contributed by atoms with Crippen molar-refractivity contribution in [1.29, 1.82) is 0 Å². The molecule has 2 atom stereocenters. The monoisotopic (exact) mass is 664 g/mol. The predicted molar refractivity (Wildman–Crippen MR) is 164 cm³/mol. The molecule has 0 radical (unpaired) electrons. The number of aromatic nitrogens is 2. The van der Waals surface area contributed by atoms with Gasteiger partial charge in [-0.3, -0.25) is 19.0 Å². The molecule has 8 nitrogen and oxygen atoms in total. The summed E-state index contributed by atoms with van der Waals surface area (Å²) in [5.74, 6) is -0.564. The molecule has 13 heteroatoms. The fraction of sp³-hybridized carbons (Fsp3) is 0.438. The molecule has 5 rings (SSSR count).